The SMILES string of the molecule is C=CC(CCCC)C(O)CC(C)O.O=C(O)c1ccccc1.O=C(O)c1ccccc1. The molecule has 2 rings (SSSR count). The predicted octanol–water partition coefficient (Wildman–Crippen LogP) is 4.88. The molecule has 0 amide bonds. The largest absolute Gasteiger partial charge is 0.478 e. The summed E-state index contributed by atoms with van der Waals surface area (Å²) in [6, 6.07) is 16.6. The second-order valence-electron chi connectivity index (χ2n) is 7.04. The van der Waals surface area contributed by atoms with Gasteiger partial charge in [-0.25, -0.2) is 9.59 Å². The van der Waals surface area contributed by atoms with E-state index < -0.39 is 24.1 Å². The number of unbranched alkanes of at least 4 members (excludes halogenated alkanes) is 1. The molecule has 0 saturated heterocycles. The van der Waals surface area contributed by atoms with Crippen LogP contribution in [0.15, 0.2) is 73.3 Å². The van der Waals surface area contributed by atoms with Crippen molar-refractivity contribution in [2.45, 2.75) is 51.7 Å². The Kier molecular flexibility index (Phi) is 15.2. The van der Waals surface area contributed by atoms with Crippen molar-refractivity contribution in [1.29, 1.82) is 0 Å². The lowest BCUT2D eigenvalue weighted by Crippen LogP contribution is -2.23. The maximum Gasteiger partial charge on any atom is 0.335 e. The highest BCUT2D eigenvalue weighted by atomic mass is 16.4. The minimum absolute atomic E-state index is 0.134. The van der Waals surface area contributed by atoms with Crippen LogP contribution in [0.2, 0.25) is 0 Å². The quantitative estimate of drug-likeness (QED) is 0.422. The molecule has 2 aromatic carbocycles. The Morgan fingerprint density at radius 1 is 0.903 bits per heavy atom. The third-order valence-corrected chi connectivity index (χ3v) is 4.31. The van der Waals surface area contributed by atoms with Crippen LogP contribution in [0.3, 0.4) is 0 Å². The summed E-state index contributed by atoms with van der Waals surface area (Å²) in [5.74, 6) is -1.62. The van der Waals surface area contributed by atoms with Crippen LogP contribution >= 0.6 is 0 Å². The lowest BCUT2D eigenvalue weighted by atomic mass is 9.93. The third-order valence-electron chi connectivity index (χ3n) is 4.31. The van der Waals surface area contributed by atoms with Crippen LogP contribution in [-0.4, -0.2) is 44.6 Å². The van der Waals surface area contributed by atoms with E-state index in [1.54, 1.807) is 73.7 Å². The normalized spacial score (nSPS) is 12.6. The molecule has 4 N–H and O–H groups in total. The molecule has 0 aromatic heterocycles. The van der Waals surface area contributed by atoms with Crippen LogP contribution in [0.5, 0.6) is 0 Å². The first kappa shape index (κ1) is 28.0. The van der Waals surface area contributed by atoms with Gasteiger partial charge in [-0.15, -0.1) is 6.58 Å². The predicted molar refractivity (Wildman–Crippen MR) is 122 cm³/mol. The Morgan fingerprint density at radius 3 is 1.58 bits per heavy atom. The Morgan fingerprint density at radius 2 is 1.32 bits per heavy atom. The Bertz CT molecular complexity index is 694. The highest BCUT2D eigenvalue weighted by molar-refractivity contribution is 5.87. The highest BCUT2D eigenvalue weighted by Crippen LogP contribution is 2.17. The number of carbonyl (C=O) groups is 2. The van der Waals surface area contributed by atoms with E-state index >= 15 is 0 Å². The topological polar surface area (TPSA) is 115 Å². The molecule has 2 aromatic rings. The van der Waals surface area contributed by atoms with Crippen molar-refractivity contribution in [3.63, 3.8) is 0 Å². The molecule has 170 valence electrons. The van der Waals surface area contributed by atoms with Gasteiger partial charge < -0.3 is 20.4 Å². The van der Waals surface area contributed by atoms with E-state index in [1.807, 2.05) is 0 Å². The number of benzene rings is 2. The molecule has 0 heterocycles. The molecular weight excluding hydrogens is 396 g/mol. The van der Waals surface area contributed by atoms with E-state index in [0.29, 0.717) is 17.5 Å². The first-order chi connectivity index (χ1) is 14.7. The van der Waals surface area contributed by atoms with Crippen molar-refractivity contribution in [2.24, 2.45) is 5.92 Å². The smallest absolute Gasteiger partial charge is 0.335 e. The molecule has 0 bridgehead atoms. The summed E-state index contributed by atoms with van der Waals surface area (Å²) >= 11 is 0. The molecule has 6 heteroatoms. The van der Waals surface area contributed by atoms with Crippen molar-refractivity contribution in [3.05, 3.63) is 84.4 Å². The number of hydrogen-bond acceptors (Lipinski definition) is 4. The molecule has 3 unspecified atom stereocenters. The minimum atomic E-state index is -0.879. The third kappa shape index (κ3) is 13.8. The number of aliphatic hydroxyl groups excluding tert-OH is 2. The van der Waals surface area contributed by atoms with Gasteiger partial charge in [-0.3, -0.25) is 0 Å². The average molecular weight is 431 g/mol. The van der Waals surface area contributed by atoms with Gasteiger partial charge in [0.2, 0.25) is 0 Å². The Labute approximate surface area is 184 Å². The van der Waals surface area contributed by atoms with Gasteiger partial charge in [0.05, 0.1) is 23.3 Å². The molecule has 0 saturated carbocycles. The number of aliphatic hydroxyl groups is 2. The van der Waals surface area contributed by atoms with Crippen molar-refractivity contribution in [3.8, 4) is 0 Å². The first-order valence-corrected chi connectivity index (χ1v) is 10.3. The van der Waals surface area contributed by atoms with Crippen LogP contribution in [-0.2, 0) is 0 Å². The number of carboxylic acids is 2. The number of hydrogen-bond donors (Lipinski definition) is 4. The molecule has 0 spiro atoms. The lowest BCUT2D eigenvalue weighted by Gasteiger charge is -2.20. The summed E-state index contributed by atoms with van der Waals surface area (Å²) in [5, 5.41) is 35.5. The molecule has 6 nitrogen and oxygen atoms in total. The van der Waals surface area contributed by atoms with Crippen molar-refractivity contribution in [2.75, 3.05) is 0 Å². The number of aromatic carboxylic acids is 2. The van der Waals surface area contributed by atoms with Crippen molar-refractivity contribution in [1.82, 2.24) is 0 Å². The zero-order chi connectivity index (χ0) is 23.6. The van der Waals surface area contributed by atoms with Crippen LogP contribution in [0.25, 0.3) is 0 Å². The molecule has 3 atom stereocenters. The average Bonchev–Trinajstić information content (AvgIpc) is 2.76. The Balaban J connectivity index is 0.000000445. The molecule has 0 radical (unpaired) electrons. The van der Waals surface area contributed by atoms with Crippen molar-refractivity contribution < 1.29 is 30.0 Å². The van der Waals surface area contributed by atoms with Gasteiger partial charge in [0.15, 0.2) is 0 Å². The minimum Gasteiger partial charge on any atom is -0.478 e. The van der Waals surface area contributed by atoms with E-state index in [1.165, 1.54) is 0 Å². The molecule has 31 heavy (non-hydrogen) atoms. The van der Waals surface area contributed by atoms with Gasteiger partial charge in [0.25, 0.3) is 0 Å². The summed E-state index contributed by atoms with van der Waals surface area (Å²) in [7, 11) is 0. The second kappa shape index (κ2) is 16.8. The van der Waals surface area contributed by atoms with Crippen LogP contribution in [0.1, 0.15) is 60.2 Å². The van der Waals surface area contributed by atoms with Gasteiger partial charge in [-0.1, -0.05) is 62.2 Å². The molecular formula is C25H34O6. The summed E-state index contributed by atoms with van der Waals surface area (Å²) in [6.45, 7) is 7.52. The Hall–Kier alpha value is -2.96. The van der Waals surface area contributed by atoms with Gasteiger partial charge in [0, 0.05) is 5.92 Å². The summed E-state index contributed by atoms with van der Waals surface area (Å²) in [4.78, 5) is 20.4. The fourth-order valence-electron chi connectivity index (χ4n) is 2.59. The van der Waals surface area contributed by atoms with Crippen LogP contribution in [0.4, 0.5) is 0 Å². The zero-order valence-electron chi connectivity index (χ0n) is 18.2. The van der Waals surface area contributed by atoms with E-state index in [9.17, 15) is 14.7 Å². The van der Waals surface area contributed by atoms with E-state index in [-0.39, 0.29) is 5.92 Å². The molecule has 0 aliphatic heterocycles. The fraction of sp³-hybridized carbons (Fsp3) is 0.360. The number of rotatable bonds is 9. The van der Waals surface area contributed by atoms with E-state index in [4.69, 9.17) is 15.3 Å². The van der Waals surface area contributed by atoms with Crippen molar-refractivity contribution >= 4 is 11.9 Å². The fourth-order valence-corrected chi connectivity index (χ4v) is 2.59. The maximum atomic E-state index is 10.2. The van der Waals surface area contributed by atoms with Crippen LogP contribution < -0.4 is 0 Å². The highest BCUT2D eigenvalue weighted by Gasteiger charge is 2.16. The summed E-state index contributed by atoms with van der Waals surface area (Å²) < 4.78 is 0. The second-order valence-corrected chi connectivity index (χ2v) is 7.04. The van der Waals surface area contributed by atoms with Crippen LogP contribution in [0, 0.1) is 5.92 Å². The van der Waals surface area contributed by atoms with Gasteiger partial charge in [0.1, 0.15) is 0 Å². The zero-order valence-corrected chi connectivity index (χ0v) is 18.2. The molecule has 0 aliphatic carbocycles. The van der Waals surface area contributed by atoms with Gasteiger partial charge in [-0.05, 0) is 44.0 Å². The summed E-state index contributed by atoms with van der Waals surface area (Å²) in [5.41, 5.74) is 0.662. The van der Waals surface area contributed by atoms with E-state index in [2.05, 4.69) is 13.5 Å². The lowest BCUT2D eigenvalue weighted by molar-refractivity contribution is 0.0611. The molecule has 0 fully saturated rings. The summed E-state index contributed by atoms with van der Waals surface area (Å²) in [6.07, 6.45) is 4.57. The van der Waals surface area contributed by atoms with Gasteiger partial charge >= 0.3 is 11.9 Å². The molecule has 0 aliphatic rings. The maximum absolute atomic E-state index is 10.2. The number of carboxylic acid groups (broad SMARTS) is 2. The van der Waals surface area contributed by atoms with E-state index in [0.717, 1.165) is 19.3 Å². The standard InChI is InChI=1S/C11H22O2.2C7H6O2/c1-4-6-7-10(5-2)11(13)8-9(3)12;2*8-7(9)6-4-2-1-3-5-6/h5,9-13H,2,4,6-8H2,1,3H3;2*1-5H,(H,8,9). The van der Waals surface area contributed by atoms with Gasteiger partial charge in [-0.2, -0.15) is 0 Å². The first-order valence-electron chi connectivity index (χ1n) is 10.3. The monoisotopic (exact) mass is 430 g/mol.